The van der Waals surface area contributed by atoms with Gasteiger partial charge in [-0.3, -0.25) is 4.79 Å². The van der Waals surface area contributed by atoms with E-state index in [-0.39, 0.29) is 4.31 Å². The Morgan fingerprint density at radius 1 is 1.19 bits per heavy atom. The van der Waals surface area contributed by atoms with E-state index >= 15 is 0 Å². The molecule has 0 heterocycles. The first-order valence-corrected chi connectivity index (χ1v) is 7.51. The second-order valence-corrected chi connectivity index (χ2v) is 6.42. The van der Waals surface area contributed by atoms with Gasteiger partial charge in [-0.1, -0.05) is 30.3 Å². The van der Waals surface area contributed by atoms with Crippen molar-refractivity contribution in [1.29, 1.82) is 0 Å². The summed E-state index contributed by atoms with van der Waals surface area (Å²) in [6.07, 6.45) is -5.45. The molecule has 1 rings (SSSR count). The summed E-state index contributed by atoms with van der Waals surface area (Å²) in [6, 6.07) is 7.79. The fourth-order valence-electron chi connectivity index (χ4n) is 1.59. The Balaban J connectivity index is 2.93. The summed E-state index contributed by atoms with van der Waals surface area (Å²) >= 11 is 0. The van der Waals surface area contributed by atoms with Crippen molar-refractivity contribution < 1.29 is 31.5 Å². The highest BCUT2D eigenvalue weighted by Gasteiger charge is 2.36. The molecule has 9 heteroatoms. The highest BCUT2D eigenvalue weighted by Crippen LogP contribution is 2.21. The molecule has 21 heavy (non-hydrogen) atoms. The molecule has 0 radical (unpaired) electrons. The fourth-order valence-corrected chi connectivity index (χ4v) is 2.96. The van der Waals surface area contributed by atoms with E-state index in [9.17, 15) is 26.4 Å². The lowest BCUT2D eigenvalue weighted by Crippen LogP contribution is -2.40. The van der Waals surface area contributed by atoms with Gasteiger partial charge in [-0.15, -0.1) is 0 Å². The Hall–Kier alpha value is -1.61. The van der Waals surface area contributed by atoms with E-state index < -0.39 is 47.4 Å². The SMILES string of the molecule is O=C(O)CCS(=O)(=O)N(Cc1ccccc1)CC(F)(F)F. The fraction of sp³-hybridized carbons (Fsp3) is 0.417. The zero-order valence-electron chi connectivity index (χ0n) is 10.9. The van der Waals surface area contributed by atoms with Gasteiger partial charge >= 0.3 is 12.1 Å². The average molecular weight is 325 g/mol. The van der Waals surface area contributed by atoms with Gasteiger partial charge in [-0.2, -0.15) is 17.5 Å². The van der Waals surface area contributed by atoms with Crippen molar-refractivity contribution in [1.82, 2.24) is 4.31 Å². The predicted molar refractivity (Wildman–Crippen MR) is 68.9 cm³/mol. The number of sulfonamides is 1. The van der Waals surface area contributed by atoms with Crippen molar-refractivity contribution in [3.63, 3.8) is 0 Å². The van der Waals surface area contributed by atoms with Crippen LogP contribution >= 0.6 is 0 Å². The predicted octanol–water partition coefficient (Wildman–Crippen LogP) is 1.86. The zero-order chi connectivity index (χ0) is 16.1. The summed E-state index contributed by atoms with van der Waals surface area (Å²) in [5.74, 6) is -2.25. The minimum Gasteiger partial charge on any atom is -0.481 e. The van der Waals surface area contributed by atoms with Gasteiger partial charge in [0.1, 0.15) is 6.54 Å². The summed E-state index contributed by atoms with van der Waals surface area (Å²) in [6.45, 7) is -2.11. The molecule has 0 aliphatic carbocycles. The lowest BCUT2D eigenvalue weighted by atomic mass is 10.2. The highest BCUT2D eigenvalue weighted by molar-refractivity contribution is 7.89. The number of rotatable bonds is 7. The van der Waals surface area contributed by atoms with Gasteiger partial charge in [-0.25, -0.2) is 8.42 Å². The van der Waals surface area contributed by atoms with Crippen LogP contribution in [0.25, 0.3) is 0 Å². The van der Waals surface area contributed by atoms with Crippen LogP contribution < -0.4 is 0 Å². The third kappa shape index (κ3) is 6.58. The number of halogens is 3. The van der Waals surface area contributed by atoms with Crippen molar-refractivity contribution >= 4 is 16.0 Å². The second kappa shape index (κ2) is 6.90. The van der Waals surface area contributed by atoms with Crippen LogP contribution in [0.1, 0.15) is 12.0 Å². The highest BCUT2D eigenvalue weighted by atomic mass is 32.2. The summed E-state index contributed by atoms with van der Waals surface area (Å²) in [5.41, 5.74) is 0.389. The Morgan fingerprint density at radius 3 is 2.24 bits per heavy atom. The molecule has 1 aromatic rings. The molecule has 0 atom stereocenters. The van der Waals surface area contributed by atoms with Crippen molar-refractivity contribution in [2.24, 2.45) is 0 Å². The quantitative estimate of drug-likeness (QED) is 0.830. The minimum atomic E-state index is -4.70. The number of hydrogen-bond donors (Lipinski definition) is 1. The molecule has 118 valence electrons. The standard InChI is InChI=1S/C12H14F3NO4S/c13-12(14,15)9-16(8-10-4-2-1-3-5-10)21(19,20)7-6-11(17)18/h1-5H,6-9H2,(H,17,18). The number of nitrogens with zero attached hydrogens (tertiary/aromatic N) is 1. The molecular weight excluding hydrogens is 311 g/mol. The normalized spacial score (nSPS) is 12.6. The smallest absolute Gasteiger partial charge is 0.402 e. The number of alkyl halides is 3. The van der Waals surface area contributed by atoms with E-state index in [2.05, 4.69) is 0 Å². The zero-order valence-corrected chi connectivity index (χ0v) is 11.7. The number of benzene rings is 1. The van der Waals surface area contributed by atoms with Gasteiger partial charge in [-0.05, 0) is 5.56 Å². The number of carboxylic acids is 1. The minimum absolute atomic E-state index is 0.255. The summed E-state index contributed by atoms with van der Waals surface area (Å²) in [5, 5.41) is 8.48. The van der Waals surface area contributed by atoms with Crippen LogP contribution in [0.2, 0.25) is 0 Å². The molecule has 0 aromatic heterocycles. The van der Waals surface area contributed by atoms with Crippen LogP contribution in [0, 0.1) is 0 Å². The number of carboxylic acid groups (broad SMARTS) is 1. The van der Waals surface area contributed by atoms with Crippen LogP contribution in [0.5, 0.6) is 0 Å². The van der Waals surface area contributed by atoms with Crippen molar-refractivity contribution in [2.75, 3.05) is 12.3 Å². The first-order valence-electron chi connectivity index (χ1n) is 5.90. The molecule has 0 saturated carbocycles. The average Bonchev–Trinajstić information content (AvgIpc) is 2.35. The van der Waals surface area contributed by atoms with Crippen LogP contribution in [-0.2, 0) is 21.4 Å². The number of carbonyl (C=O) groups is 1. The Morgan fingerprint density at radius 2 is 1.76 bits per heavy atom. The molecule has 1 N–H and O–H groups in total. The van der Waals surface area contributed by atoms with Gasteiger partial charge in [0.2, 0.25) is 10.0 Å². The molecular formula is C12H14F3NO4S. The van der Waals surface area contributed by atoms with E-state index in [1.807, 2.05) is 0 Å². The molecule has 1 aromatic carbocycles. The van der Waals surface area contributed by atoms with Gasteiger partial charge < -0.3 is 5.11 Å². The van der Waals surface area contributed by atoms with Crippen molar-refractivity contribution in [2.45, 2.75) is 19.1 Å². The molecule has 0 amide bonds. The summed E-state index contributed by atoms with van der Waals surface area (Å²) in [7, 11) is -4.32. The molecule has 0 aliphatic heterocycles. The molecule has 5 nitrogen and oxygen atoms in total. The maximum atomic E-state index is 12.5. The first kappa shape index (κ1) is 17.4. The maximum Gasteiger partial charge on any atom is 0.402 e. The Kier molecular flexibility index (Phi) is 5.73. The lowest BCUT2D eigenvalue weighted by Gasteiger charge is -2.23. The van der Waals surface area contributed by atoms with E-state index in [0.717, 1.165) is 0 Å². The molecule has 0 aliphatic rings. The van der Waals surface area contributed by atoms with E-state index in [0.29, 0.717) is 5.56 Å². The van der Waals surface area contributed by atoms with Crippen molar-refractivity contribution in [3.05, 3.63) is 35.9 Å². The molecule has 0 bridgehead atoms. The Bertz CT molecular complexity index is 572. The molecule has 0 fully saturated rings. The first-order chi connectivity index (χ1) is 9.60. The maximum absolute atomic E-state index is 12.5. The molecule has 0 saturated heterocycles. The van der Waals surface area contributed by atoms with E-state index in [1.54, 1.807) is 18.2 Å². The van der Waals surface area contributed by atoms with E-state index in [4.69, 9.17) is 5.11 Å². The summed E-state index contributed by atoms with van der Waals surface area (Å²) in [4.78, 5) is 10.4. The largest absolute Gasteiger partial charge is 0.481 e. The third-order valence-electron chi connectivity index (χ3n) is 2.52. The number of aliphatic carboxylic acids is 1. The topological polar surface area (TPSA) is 74.7 Å². The Labute approximate surface area is 120 Å². The third-order valence-corrected chi connectivity index (χ3v) is 4.29. The van der Waals surface area contributed by atoms with Gasteiger partial charge in [0, 0.05) is 6.54 Å². The van der Waals surface area contributed by atoms with Crippen LogP contribution in [0.15, 0.2) is 30.3 Å². The van der Waals surface area contributed by atoms with Crippen molar-refractivity contribution in [3.8, 4) is 0 Å². The molecule has 0 spiro atoms. The van der Waals surface area contributed by atoms with Crippen LogP contribution in [-0.4, -0.2) is 42.3 Å². The van der Waals surface area contributed by atoms with Gasteiger partial charge in [0.05, 0.1) is 12.2 Å². The number of hydrogen-bond acceptors (Lipinski definition) is 3. The lowest BCUT2D eigenvalue weighted by molar-refractivity contribution is -0.136. The van der Waals surface area contributed by atoms with Crippen LogP contribution in [0.3, 0.4) is 0 Å². The van der Waals surface area contributed by atoms with E-state index in [1.165, 1.54) is 12.1 Å². The van der Waals surface area contributed by atoms with Gasteiger partial charge in [0.25, 0.3) is 0 Å². The summed E-state index contributed by atoms with van der Waals surface area (Å²) < 4.78 is 61.6. The van der Waals surface area contributed by atoms with Gasteiger partial charge in [0.15, 0.2) is 0 Å². The monoisotopic (exact) mass is 325 g/mol. The van der Waals surface area contributed by atoms with Crippen LogP contribution in [0.4, 0.5) is 13.2 Å². The molecule has 0 unspecified atom stereocenters. The second-order valence-electron chi connectivity index (χ2n) is 4.33.